The van der Waals surface area contributed by atoms with Gasteiger partial charge in [0.2, 0.25) is 15.9 Å². The molecule has 3 fully saturated rings. The first-order valence-corrected chi connectivity index (χ1v) is 15.0. The Labute approximate surface area is 227 Å². The number of nitrogens with one attached hydrogen (secondary N) is 1. The monoisotopic (exact) mass is 576 g/mol. The summed E-state index contributed by atoms with van der Waals surface area (Å²) in [5, 5.41) is 12.1. The Balaban J connectivity index is 1.42. The number of alkyl halides is 2. The Hall–Kier alpha value is -3.22. The maximum atomic E-state index is 13.5. The van der Waals surface area contributed by atoms with Gasteiger partial charge in [-0.3, -0.25) is 14.3 Å². The van der Waals surface area contributed by atoms with Crippen LogP contribution in [0.15, 0.2) is 17.0 Å². The molecule has 1 saturated heterocycles. The maximum Gasteiger partial charge on any atom is 0.299 e. The summed E-state index contributed by atoms with van der Waals surface area (Å²) in [5.74, 6) is 0.277. The van der Waals surface area contributed by atoms with Crippen LogP contribution in [0.2, 0.25) is 0 Å². The standard InChI is InChI=1S/C24H26F2N8O3S2/c1-27-24(6-7-24)31-39(36,37)15-12-16-18(21-28-29-22(38-21)20(25)26)30-32(2)19(16)17(13-15)33-8-10-34(11-9-33)23(35)14-4-3-5-14/h12-14,20,31H,3-11H2,2H3. The smallest absolute Gasteiger partial charge is 0.299 e. The van der Waals surface area contributed by atoms with E-state index in [9.17, 15) is 22.0 Å². The highest BCUT2D eigenvalue weighted by Gasteiger charge is 2.54. The molecule has 39 heavy (non-hydrogen) atoms. The Morgan fingerprint density at radius 1 is 1.21 bits per heavy atom. The number of piperazine rings is 1. The lowest BCUT2D eigenvalue weighted by atomic mass is 9.84. The summed E-state index contributed by atoms with van der Waals surface area (Å²) in [6.07, 6.45) is 1.01. The Kier molecular flexibility index (Phi) is 6.31. The number of amides is 1. The van der Waals surface area contributed by atoms with Crippen LogP contribution >= 0.6 is 11.3 Å². The number of anilines is 1. The molecular weight excluding hydrogens is 550 g/mol. The molecule has 0 bridgehead atoms. The predicted molar refractivity (Wildman–Crippen MR) is 140 cm³/mol. The second-order valence-corrected chi connectivity index (χ2v) is 12.9. The van der Waals surface area contributed by atoms with Crippen molar-refractivity contribution in [3.05, 3.63) is 28.6 Å². The maximum absolute atomic E-state index is 13.5. The molecule has 11 nitrogen and oxygen atoms in total. The SMILES string of the molecule is [C-]#[N+]C1(NS(=O)(=O)c2cc(N3CCN(C(=O)C4CCC4)CC3)c3c(c2)c(-c2nnc(C(F)F)s2)nn3C)CC1. The fraction of sp³-hybridized carbons (Fsp3) is 0.542. The second-order valence-electron chi connectivity index (χ2n) is 10.2. The first kappa shape index (κ1) is 26.0. The molecule has 2 saturated carbocycles. The van der Waals surface area contributed by atoms with Gasteiger partial charge in [0.05, 0.1) is 28.9 Å². The van der Waals surface area contributed by atoms with Crippen LogP contribution in [0, 0.1) is 12.5 Å². The minimum Gasteiger partial charge on any atom is -0.366 e. The number of carbonyl (C=O) groups is 1. The van der Waals surface area contributed by atoms with Gasteiger partial charge in [0, 0.05) is 44.5 Å². The van der Waals surface area contributed by atoms with Gasteiger partial charge >= 0.3 is 0 Å². The van der Waals surface area contributed by atoms with Gasteiger partial charge in [-0.1, -0.05) is 17.8 Å². The van der Waals surface area contributed by atoms with Gasteiger partial charge in [-0.15, -0.1) is 14.9 Å². The number of fused-ring (bicyclic) bond motifs is 1. The number of nitrogens with zero attached hydrogens (tertiary/aromatic N) is 7. The van der Waals surface area contributed by atoms with E-state index in [1.165, 1.54) is 6.07 Å². The highest BCUT2D eigenvalue weighted by molar-refractivity contribution is 7.89. The van der Waals surface area contributed by atoms with Crippen LogP contribution in [-0.2, 0) is 21.9 Å². The minimum atomic E-state index is -4.09. The zero-order chi connectivity index (χ0) is 27.5. The molecule has 6 rings (SSSR count). The van der Waals surface area contributed by atoms with Gasteiger partial charge in [-0.2, -0.15) is 5.10 Å². The summed E-state index contributed by atoms with van der Waals surface area (Å²) >= 11 is 0.704. The van der Waals surface area contributed by atoms with E-state index in [-0.39, 0.29) is 27.4 Å². The van der Waals surface area contributed by atoms with E-state index in [4.69, 9.17) is 6.57 Å². The zero-order valence-electron chi connectivity index (χ0n) is 21.1. The highest BCUT2D eigenvalue weighted by atomic mass is 32.2. The summed E-state index contributed by atoms with van der Waals surface area (Å²) in [5.41, 5.74) is 0.323. The van der Waals surface area contributed by atoms with Crippen molar-refractivity contribution in [2.24, 2.45) is 13.0 Å². The summed E-state index contributed by atoms with van der Waals surface area (Å²) in [6, 6.07) is 3.01. The molecule has 1 aromatic carbocycles. The van der Waals surface area contributed by atoms with Gasteiger partial charge < -0.3 is 9.80 Å². The number of aryl methyl sites for hydroxylation is 1. The number of aromatic nitrogens is 4. The van der Waals surface area contributed by atoms with Crippen LogP contribution in [-0.4, -0.2) is 71.0 Å². The van der Waals surface area contributed by atoms with Gasteiger partial charge in [0.1, 0.15) is 5.69 Å². The summed E-state index contributed by atoms with van der Waals surface area (Å²) in [7, 11) is -2.39. The van der Waals surface area contributed by atoms with Crippen molar-refractivity contribution in [2.75, 3.05) is 31.1 Å². The molecule has 1 aliphatic heterocycles. The van der Waals surface area contributed by atoms with Crippen molar-refractivity contribution >= 4 is 43.9 Å². The zero-order valence-corrected chi connectivity index (χ0v) is 22.7. The first-order chi connectivity index (χ1) is 18.6. The van der Waals surface area contributed by atoms with E-state index >= 15 is 0 Å². The molecule has 2 aliphatic carbocycles. The van der Waals surface area contributed by atoms with Crippen LogP contribution in [0.25, 0.3) is 26.4 Å². The molecule has 3 aromatic rings. The van der Waals surface area contributed by atoms with Crippen LogP contribution in [0.3, 0.4) is 0 Å². The Morgan fingerprint density at radius 3 is 2.49 bits per heavy atom. The number of hydrogen-bond donors (Lipinski definition) is 1. The van der Waals surface area contributed by atoms with Crippen molar-refractivity contribution in [3.8, 4) is 10.7 Å². The molecule has 15 heteroatoms. The van der Waals surface area contributed by atoms with Gasteiger partial charge in [-0.05, 0) is 25.0 Å². The van der Waals surface area contributed by atoms with Crippen molar-refractivity contribution in [2.45, 2.75) is 49.1 Å². The molecular formula is C24H26F2N8O3S2. The van der Waals surface area contributed by atoms with Gasteiger partial charge in [0.25, 0.3) is 12.1 Å². The molecule has 0 atom stereocenters. The van der Waals surface area contributed by atoms with E-state index < -0.39 is 27.1 Å². The minimum absolute atomic E-state index is 0.0549. The van der Waals surface area contributed by atoms with E-state index in [2.05, 4.69) is 24.9 Å². The van der Waals surface area contributed by atoms with E-state index in [0.29, 0.717) is 66.9 Å². The molecule has 206 valence electrons. The summed E-state index contributed by atoms with van der Waals surface area (Å²) in [4.78, 5) is 20.1. The average molecular weight is 577 g/mol. The van der Waals surface area contributed by atoms with E-state index in [1.807, 2.05) is 9.80 Å². The number of hydrogen-bond acceptors (Lipinski definition) is 8. The Morgan fingerprint density at radius 2 is 1.92 bits per heavy atom. The predicted octanol–water partition coefficient (Wildman–Crippen LogP) is 3.17. The van der Waals surface area contributed by atoms with Gasteiger partial charge in [0.15, 0.2) is 10.0 Å². The highest BCUT2D eigenvalue weighted by Crippen LogP contribution is 2.41. The van der Waals surface area contributed by atoms with Gasteiger partial charge in [-0.25, -0.2) is 23.8 Å². The first-order valence-electron chi connectivity index (χ1n) is 12.7. The largest absolute Gasteiger partial charge is 0.366 e. The fourth-order valence-corrected chi connectivity index (χ4v) is 7.19. The average Bonchev–Trinajstić information content (AvgIpc) is 3.31. The van der Waals surface area contributed by atoms with Crippen LogP contribution in [0.5, 0.6) is 0 Å². The summed E-state index contributed by atoms with van der Waals surface area (Å²) in [6.45, 7) is 9.40. The topological polar surface area (TPSA) is 118 Å². The third kappa shape index (κ3) is 4.64. The fourth-order valence-electron chi connectivity index (χ4n) is 5.09. The lowest BCUT2D eigenvalue weighted by molar-refractivity contribution is -0.138. The molecule has 0 unspecified atom stereocenters. The third-order valence-electron chi connectivity index (χ3n) is 7.68. The third-order valence-corrected chi connectivity index (χ3v) is 10.1. The van der Waals surface area contributed by atoms with Crippen molar-refractivity contribution < 1.29 is 22.0 Å². The lowest BCUT2D eigenvalue weighted by Crippen LogP contribution is -2.51. The van der Waals surface area contributed by atoms with Crippen LogP contribution in [0.4, 0.5) is 14.5 Å². The van der Waals surface area contributed by atoms with Crippen molar-refractivity contribution in [3.63, 3.8) is 0 Å². The quantitative estimate of drug-likeness (QED) is 0.430. The number of sulfonamides is 1. The second kappa shape index (κ2) is 9.46. The number of carbonyl (C=O) groups excluding carboxylic acids is 1. The molecule has 0 spiro atoms. The lowest BCUT2D eigenvalue weighted by Gasteiger charge is -2.39. The Bertz CT molecular complexity index is 1600. The number of rotatable bonds is 7. The van der Waals surface area contributed by atoms with Crippen LogP contribution < -0.4 is 9.62 Å². The molecule has 2 aromatic heterocycles. The summed E-state index contributed by atoms with van der Waals surface area (Å²) < 4.78 is 57.5. The van der Waals surface area contributed by atoms with Crippen molar-refractivity contribution in [1.29, 1.82) is 0 Å². The number of halogens is 2. The molecule has 1 N–H and O–H groups in total. The molecule has 3 heterocycles. The normalized spacial score (nSPS) is 19.4. The number of benzene rings is 1. The van der Waals surface area contributed by atoms with Crippen molar-refractivity contribution in [1.82, 2.24) is 29.6 Å². The molecule has 1 amide bonds. The van der Waals surface area contributed by atoms with E-state index in [1.54, 1.807) is 17.8 Å². The molecule has 3 aliphatic rings. The molecule has 0 radical (unpaired) electrons. The van der Waals surface area contributed by atoms with Crippen LogP contribution in [0.1, 0.15) is 43.5 Å². The van der Waals surface area contributed by atoms with E-state index in [0.717, 1.165) is 19.3 Å².